The summed E-state index contributed by atoms with van der Waals surface area (Å²) in [6.07, 6.45) is 7.59. The summed E-state index contributed by atoms with van der Waals surface area (Å²) in [5.74, 6) is 3.52. The molecule has 1 fully saturated rings. The Labute approximate surface area is 81.6 Å². The summed E-state index contributed by atoms with van der Waals surface area (Å²) in [6.45, 7) is 7.19. The molecule has 2 rings (SSSR count). The van der Waals surface area contributed by atoms with Crippen LogP contribution in [-0.2, 0) is 0 Å². The quantitative estimate of drug-likeness (QED) is 0.610. The highest BCUT2D eigenvalue weighted by molar-refractivity contribution is 5.03. The SMILES string of the molecule is CC(C)C1C=CCC2CCNCC21. The van der Waals surface area contributed by atoms with Crippen molar-refractivity contribution < 1.29 is 0 Å². The lowest BCUT2D eigenvalue weighted by molar-refractivity contribution is 0.161. The van der Waals surface area contributed by atoms with E-state index in [1.165, 1.54) is 25.9 Å². The third-order valence-electron chi connectivity index (χ3n) is 3.74. The lowest BCUT2D eigenvalue weighted by Crippen LogP contribution is -2.42. The van der Waals surface area contributed by atoms with Gasteiger partial charge in [0.2, 0.25) is 0 Å². The van der Waals surface area contributed by atoms with Gasteiger partial charge in [-0.05, 0) is 49.6 Å². The minimum absolute atomic E-state index is 0.809. The molecule has 0 saturated carbocycles. The standard InChI is InChI=1S/C12H21N/c1-9(2)11-5-3-4-10-6-7-13-8-12(10)11/h3,5,9-13H,4,6-8H2,1-2H3. The molecule has 1 aliphatic heterocycles. The van der Waals surface area contributed by atoms with Gasteiger partial charge < -0.3 is 5.32 Å². The molecule has 74 valence electrons. The molecule has 1 heterocycles. The van der Waals surface area contributed by atoms with Gasteiger partial charge in [-0.3, -0.25) is 0 Å². The summed E-state index contributed by atoms with van der Waals surface area (Å²) in [5, 5.41) is 3.53. The van der Waals surface area contributed by atoms with Gasteiger partial charge >= 0.3 is 0 Å². The van der Waals surface area contributed by atoms with Crippen molar-refractivity contribution >= 4 is 0 Å². The first-order valence-corrected chi connectivity index (χ1v) is 5.66. The zero-order valence-electron chi connectivity index (χ0n) is 8.79. The Morgan fingerprint density at radius 1 is 1.38 bits per heavy atom. The second-order valence-electron chi connectivity index (χ2n) is 4.90. The lowest BCUT2D eigenvalue weighted by atomic mass is 9.69. The van der Waals surface area contributed by atoms with E-state index in [9.17, 15) is 0 Å². The van der Waals surface area contributed by atoms with E-state index in [1.807, 2.05) is 0 Å². The molecule has 0 radical (unpaired) electrons. The van der Waals surface area contributed by atoms with Gasteiger partial charge in [0.25, 0.3) is 0 Å². The van der Waals surface area contributed by atoms with Crippen LogP contribution in [0.1, 0.15) is 26.7 Å². The molecule has 0 spiro atoms. The molecule has 1 heteroatoms. The summed E-state index contributed by atoms with van der Waals surface area (Å²) in [5.41, 5.74) is 0. The normalized spacial score (nSPS) is 39.2. The molecule has 0 bridgehead atoms. The summed E-state index contributed by atoms with van der Waals surface area (Å²) in [6, 6.07) is 0. The summed E-state index contributed by atoms with van der Waals surface area (Å²) >= 11 is 0. The molecular formula is C12H21N. The first kappa shape index (κ1) is 9.26. The van der Waals surface area contributed by atoms with Crippen molar-refractivity contribution in [2.45, 2.75) is 26.7 Å². The van der Waals surface area contributed by atoms with Crippen molar-refractivity contribution in [3.05, 3.63) is 12.2 Å². The molecule has 1 aliphatic carbocycles. The smallest absolute Gasteiger partial charge is 0.00120 e. The van der Waals surface area contributed by atoms with Crippen LogP contribution in [0.25, 0.3) is 0 Å². The van der Waals surface area contributed by atoms with Crippen LogP contribution >= 0.6 is 0 Å². The Balaban J connectivity index is 2.10. The van der Waals surface area contributed by atoms with Crippen LogP contribution in [-0.4, -0.2) is 13.1 Å². The number of rotatable bonds is 1. The molecule has 1 nitrogen and oxygen atoms in total. The van der Waals surface area contributed by atoms with E-state index in [0.717, 1.165) is 23.7 Å². The average Bonchev–Trinajstić information content (AvgIpc) is 2.17. The van der Waals surface area contributed by atoms with E-state index < -0.39 is 0 Å². The maximum atomic E-state index is 3.53. The van der Waals surface area contributed by atoms with Crippen LogP contribution in [0.15, 0.2) is 12.2 Å². The van der Waals surface area contributed by atoms with Gasteiger partial charge in [-0.25, -0.2) is 0 Å². The van der Waals surface area contributed by atoms with E-state index in [1.54, 1.807) is 0 Å². The lowest BCUT2D eigenvalue weighted by Gasteiger charge is -2.40. The third-order valence-corrected chi connectivity index (χ3v) is 3.74. The largest absolute Gasteiger partial charge is 0.316 e. The number of hydrogen-bond donors (Lipinski definition) is 1. The van der Waals surface area contributed by atoms with Crippen LogP contribution < -0.4 is 5.32 Å². The first-order chi connectivity index (χ1) is 6.29. The van der Waals surface area contributed by atoms with Crippen molar-refractivity contribution in [1.82, 2.24) is 5.32 Å². The number of fused-ring (bicyclic) bond motifs is 1. The molecule has 13 heavy (non-hydrogen) atoms. The third kappa shape index (κ3) is 1.80. The Bertz CT molecular complexity index is 195. The van der Waals surface area contributed by atoms with E-state index in [4.69, 9.17) is 0 Å². The number of piperidine rings is 1. The van der Waals surface area contributed by atoms with E-state index in [-0.39, 0.29) is 0 Å². The molecule has 0 aromatic heterocycles. The molecule has 1 N–H and O–H groups in total. The molecule has 1 saturated heterocycles. The van der Waals surface area contributed by atoms with Crippen LogP contribution in [0.2, 0.25) is 0 Å². The first-order valence-electron chi connectivity index (χ1n) is 5.66. The minimum Gasteiger partial charge on any atom is -0.316 e. The highest BCUT2D eigenvalue weighted by Crippen LogP contribution is 2.37. The van der Waals surface area contributed by atoms with Crippen LogP contribution in [0, 0.1) is 23.7 Å². The van der Waals surface area contributed by atoms with E-state index >= 15 is 0 Å². The van der Waals surface area contributed by atoms with Gasteiger partial charge in [0.1, 0.15) is 0 Å². The van der Waals surface area contributed by atoms with Crippen molar-refractivity contribution in [3.8, 4) is 0 Å². The summed E-state index contributed by atoms with van der Waals surface area (Å²) in [4.78, 5) is 0. The van der Waals surface area contributed by atoms with Gasteiger partial charge in [0, 0.05) is 0 Å². The Morgan fingerprint density at radius 2 is 2.23 bits per heavy atom. The van der Waals surface area contributed by atoms with Crippen LogP contribution in [0.4, 0.5) is 0 Å². The van der Waals surface area contributed by atoms with Crippen LogP contribution in [0.5, 0.6) is 0 Å². The fourth-order valence-electron chi connectivity index (χ4n) is 2.95. The van der Waals surface area contributed by atoms with Crippen molar-refractivity contribution in [3.63, 3.8) is 0 Å². The van der Waals surface area contributed by atoms with Crippen LogP contribution in [0.3, 0.4) is 0 Å². The predicted octanol–water partition coefficient (Wildman–Crippen LogP) is 2.44. The van der Waals surface area contributed by atoms with Gasteiger partial charge in [-0.1, -0.05) is 26.0 Å². The molecule has 0 amide bonds. The highest BCUT2D eigenvalue weighted by Gasteiger charge is 2.33. The minimum atomic E-state index is 0.809. The van der Waals surface area contributed by atoms with Gasteiger partial charge in [-0.15, -0.1) is 0 Å². The molecule has 3 unspecified atom stereocenters. The van der Waals surface area contributed by atoms with Crippen molar-refractivity contribution in [1.29, 1.82) is 0 Å². The monoisotopic (exact) mass is 179 g/mol. The maximum Gasteiger partial charge on any atom is -0.00120 e. The molecule has 2 aliphatic rings. The van der Waals surface area contributed by atoms with E-state index in [0.29, 0.717) is 0 Å². The summed E-state index contributed by atoms with van der Waals surface area (Å²) < 4.78 is 0. The van der Waals surface area contributed by atoms with Gasteiger partial charge in [0.05, 0.1) is 0 Å². The number of nitrogens with one attached hydrogen (secondary N) is 1. The Morgan fingerprint density at radius 3 is 3.00 bits per heavy atom. The zero-order chi connectivity index (χ0) is 9.26. The van der Waals surface area contributed by atoms with Gasteiger partial charge in [-0.2, -0.15) is 0 Å². The molecule has 0 aromatic rings. The predicted molar refractivity (Wildman–Crippen MR) is 56.6 cm³/mol. The molecule has 3 atom stereocenters. The second-order valence-corrected chi connectivity index (χ2v) is 4.90. The average molecular weight is 179 g/mol. The second kappa shape index (κ2) is 3.83. The van der Waals surface area contributed by atoms with Crippen molar-refractivity contribution in [2.75, 3.05) is 13.1 Å². The summed E-state index contributed by atoms with van der Waals surface area (Å²) in [7, 11) is 0. The molecular weight excluding hydrogens is 158 g/mol. The van der Waals surface area contributed by atoms with E-state index in [2.05, 4.69) is 31.3 Å². The maximum absolute atomic E-state index is 3.53. The fraction of sp³-hybridized carbons (Fsp3) is 0.833. The highest BCUT2D eigenvalue weighted by atomic mass is 14.9. The molecule has 0 aromatic carbocycles. The number of allylic oxidation sites excluding steroid dienone is 2. The Hall–Kier alpha value is -0.300. The fourth-order valence-corrected chi connectivity index (χ4v) is 2.95. The number of hydrogen-bond acceptors (Lipinski definition) is 1. The van der Waals surface area contributed by atoms with Gasteiger partial charge in [0.15, 0.2) is 0 Å². The van der Waals surface area contributed by atoms with Crippen molar-refractivity contribution in [2.24, 2.45) is 23.7 Å². The topological polar surface area (TPSA) is 12.0 Å². The Kier molecular flexibility index (Phi) is 2.73. The zero-order valence-corrected chi connectivity index (χ0v) is 8.79.